The molecule has 0 fully saturated rings. The van der Waals surface area contributed by atoms with Gasteiger partial charge in [0.25, 0.3) is 11.5 Å². The molecule has 4 aromatic rings. The van der Waals surface area contributed by atoms with Gasteiger partial charge in [0.15, 0.2) is 5.75 Å². The van der Waals surface area contributed by atoms with Gasteiger partial charge in [0, 0.05) is 12.1 Å². The van der Waals surface area contributed by atoms with Gasteiger partial charge >= 0.3 is 0 Å². The quantitative estimate of drug-likeness (QED) is 0.406. The summed E-state index contributed by atoms with van der Waals surface area (Å²) in [5.41, 5.74) is 1.58. The first kappa shape index (κ1) is 22.6. The van der Waals surface area contributed by atoms with Crippen molar-refractivity contribution in [1.82, 2.24) is 9.55 Å². The van der Waals surface area contributed by atoms with E-state index in [9.17, 15) is 14.7 Å². The van der Waals surface area contributed by atoms with E-state index in [1.165, 1.54) is 23.0 Å². The van der Waals surface area contributed by atoms with Crippen molar-refractivity contribution in [3.05, 3.63) is 92.5 Å². The maximum Gasteiger partial charge on any atom is 0.263 e. The predicted molar refractivity (Wildman–Crippen MR) is 129 cm³/mol. The maximum atomic E-state index is 13.3. The van der Waals surface area contributed by atoms with Gasteiger partial charge in [-0.25, -0.2) is 4.98 Å². The fourth-order valence-electron chi connectivity index (χ4n) is 3.51. The molecule has 1 amide bonds. The lowest BCUT2D eigenvalue weighted by atomic mass is 10.1. The van der Waals surface area contributed by atoms with Crippen molar-refractivity contribution in [2.75, 3.05) is 12.4 Å². The maximum absolute atomic E-state index is 13.3. The summed E-state index contributed by atoms with van der Waals surface area (Å²) in [4.78, 5) is 30.4. The average Bonchev–Trinajstić information content (AvgIpc) is 2.82. The lowest BCUT2D eigenvalue weighted by Crippen LogP contribution is -2.23. The van der Waals surface area contributed by atoms with Gasteiger partial charge in [0.05, 0.1) is 40.1 Å². The van der Waals surface area contributed by atoms with E-state index in [4.69, 9.17) is 27.9 Å². The zero-order valence-corrected chi connectivity index (χ0v) is 19.0. The number of phenols is 1. The third kappa shape index (κ3) is 4.65. The van der Waals surface area contributed by atoms with Crippen molar-refractivity contribution < 1.29 is 14.6 Å². The molecule has 7 nitrogen and oxygen atoms in total. The summed E-state index contributed by atoms with van der Waals surface area (Å²) in [5, 5.41) is 12.6. The van der Waals surface area contributed by atoms with Gasteiger partial charge in [-0.1, -0.05) is 47.5 Å². The molecule has 1 heterocycles. The van der Waals surface area contributed by atoms with E-state index < -0.39 is 5.91 Å². The number of hydrogen-bond acceptors (Lipinski definition) is 5. The number of carbonyl (C=O) groups is 1. The Morgan fingerprint density at radius 1 is 1.12 bits per heavy atom. The van der Waals surface area contributed by atoms with Gasteiger partial charge in [-0.05, 0) is 42.3 Å². The number of aromatic nitrogens is 2. The number of amides is 1. The lowest BCUT2D eigenvalue weighted by Gasteiger charge is -2.12. The summed E-state index contributed by atoms with van der Waals surface area (Å²) < 4.78 is 6.88. The van der Waals surface area contributed by atoms with Crippen LogP contribution < -0.4 is 15.6 Å². The number of aromatic hydroxyl groups is 1. The van der Waals surface area contributed by atoms with E-state index in [0.29, 0.717) is 24.2 Å². The molecule has 0 saturated carbocycles. The van der Waals surface area contributed by atoms with Crippen LogP contribution in [-0.2, 0) is 13.0 Å². The molecular formula is C24H19Cl2N3O4. The molecule has 168 valence electrons. The second-order valence-corrected chi connectivity index (χ2v) is 8.06. The van der Waals surface area contributed by atoms with Crippen molar-refractivity contribution >= 4 is 45.7 Å². The fraction of sp³-hybridized carbons (Fsp3) is 0.125. The molecule has 4 rings (SSSR count). The van der Waals surface area contributed by atoms with Crippen molar-refractivity contribution in [2.24, 2.45) is 0 Å². The van der Waals surface area contributed by atoms with Crippen molar-refractivity contribution in [2.45, 2.75) is 13.0 Å². The van der Waals surface area contributed by atoms with Gasteiger partial charge in [-0.2, -0.15) is 0 Å². The minimum absolute atomic E-state index is 0.0501. The minimum Gasteiger partial charge on any atom is -0.505 e. The zero-order chi connectivity index (χ0) is 23.5. The second kappa shape index (κ2) is 9.52. The minimum atomic E-state index is -0.532. The number of rotatable bonds is 6. The molecule has 0 bridgehead atoms. The van der Waals surface area contributed by atoms with Gasteiger partial charge in [-0.3, -0.25) is 14.2 Å². The van der Waals surface area contributed by atoms with Crippen LogP contribution in [0.25, 0.3) is 10.9 Å². The Hall–Kier alpha value is -3.55. The molecule has 0 aliphatic heterocycles. The number of nitrogens with one attached hydrogen (secondary N) is 1. The molecule has 0 aliphatic carbocycles. The van der Waals surface area contributed by atoms with E-state index >= 15 is 0 Å². The fourth-order valence-corrected chi connectivity index (χ4v) is 3.99. The first-order valence-electron chi connectivity index (χ1n) is 9.98. The highest BCUT2D eigenvalue weighted by Crippen LogP contribution is 2.33. The first-order chi connectivity index (χ1) is 15.9. The number of aryl methyl sites for hydroxylation is 2. The van der Waals surface area contributed by atoms with E-state index in [2.05, 4.69) is 10.3 Å². The summed E-state index contributed by atoms with van der Waals surface area (Å²) in [6, 6.07) is 15.2. The normalized spacial score (nSPS) is 10.9. The van der Waals surface area contributed by atoms with Gasteiger partial charge in [0.1, 0.15) is 5.75 Å². The van der Waals surface area contributed by atoms with Crippen LogP contribution in [0.1, 0.15) is 15.9 Å². The number of ether oxygens (including phenoxy) is 1. The van der Waals surface area contributed by atoms with Crippen LogP contribution in [0.3, 0.4) is 0 Å². The standard InChI is InChI=1S/C24H19Cl2N3O4/c1-33-20-8-3-2-5-14(20)9-10-29-13-27-18-6-4-7-19(21(18)24(29)32)28-23(31)15-11-16(25)22(30)17(26)12-15/h2-8,11-13,30H,9-10H2,1H3,(H,28,31). The topological polar surface area (TPSA) is 93.4 Å². The zero-order valence-electron chi connectivity index (χ0n) is 17.5. The summed E-state index contributed by atoms with van der Waals surface area (Å²) in [7, 11) is 1.60. The monoisotopic (exact) mass is 483 g/mol. The van der Waals surface area contributed by atoms with Crippen molar-refractivity contribution in [3.63, 3.8) is 0 Å². The molecule has 33 heavy (non-hydrogen) atoms. The van der Waals surface area contributed by atoms with Crippen LogP contribution in [0.5, 0.6) is 11.5 Å². The largest absolute Gasteiger partial charge is 0.505 e. The number of anilines is 1. The van der Waals surface area contributed by atoms with Crippen LogP contribution in [-0.4, -0.2) is 27.7 Å². The Kier molecular flexibility index (Phi) is 6.53. The molecule has 0 radical (unpaired) electrons. The molecule has 0 unspecified atom stereocenters. The molecule has 0 aliphatic rings. The van der Waals surface area contributed by atoms with Gasteiger partial charge in [0.2, 0.25) is 0 Å². The Bertz CT molecular complexity index is 1400. The smallest absolute Gasteiger partial charge is 0.263 e. The highest BCUT2D eigenvalue weighted by atomic mass is 35.5. The Labute approximate surface area is 199 Å². The van der Waals surface area contributed by atoms with E-state index in [1.54, 1.807) is 25.3 Å². The number of nitrogens with zero attached hydrogens (tertiary/aromatic N) is 2. The molecule has 2 N–H and O–H groups in total. The van der Waals surface area contributed by atoms with Crippen LogP contribution in [0.15, 0.2) is 65.7 Å². The predicted octanol–water partition coefficient (Wildman–Crippen LogP) is 4.91. The number of fused-ring (bicyclic) bond motifs is 1. The van der Waals surface area contributed by atoms with Crippen LogP contribution >= 0.6 is 23.2 Å². The number of para-hydroxylation sites is 1. The number of benzene rings is 3. The number of phenolic OH excluding ortho intramolecular Hbond substituents is 1. The van der Waals surface area contributed by atoms with Crippen LogP contribution in [0, 0.1) is 0 Å². The third-order valence-corrected chi connectivity index (χ3v) is 5.77. The summed E-state index contributed by atoms with van der Waals surface area (Å²) in [5.74, 6) is -0.0872. The Balaban J connectivity index is 1.66. The molecular weight excluding hydrogens is 465 g/mol. The molecule has 0 spiro atoms. The second-order valence-electron chi connectivity index (χ2n) is 7.25. The average molecular weight is 484 g/mol. The molecule has 0 atom stereocenters. The molecule has 9 heteroatoms. The number of halogens is 2. The first-order valence-corrected chi connectivity index (χ1v) is 10.7. The van der Waals surface area contributed by atoms with Gasteiger partial charge in [-0.15, -0.1) is 0 Å². The molecule has 0 saturated heterocycles. The highest BCUT2D eigenvalue weighted by molar-refractivity contribution is 6.37. The van der Waals surface area contributed by atoms with E-state index in [0.717, 1.165) is 11.3 Å². The Morgan fingerprint density at radius 3 is 2.58 bits per heavy atom. The Morgan fingerprint density at radius 2 is 1.85 bits per heavy atom. The van der Waals surface area contributed by atoms with Crippen LogP contribution in [0.2, 0.25) is 10.0 Å². The van der Waals surface area contributed by atoms with Gasteiger partial charge < -0.3 is 15.2 Å². The molecule has 1 aromatic heterocycles. The van der Waals surface area contributed by atoms with Crippen LogP contribution in [0.4, 0.5) is 5.69 Å². The summed E-state index contributed by atoms with van der Waals surface area (Å²) in [6.07, 6.45) is 2.06. The third-order valence-electron chi connectivity index (χ3n) is 5.20. The number of methoxy groups -OCH3 is 1. The lowest BCUT2D eigenvalue weighted by molar-refractivity contribution is 0.102. The van der Waals surface area contributed by atoms with Crippen molar-refractivity contribution in [3.8, 4) is 11.5 Å². The summed E-state index contributed by atoms with van der Waals surface area (Å²) in [6.45, 7) is 0.383. The number of hydrogen-bond donors (Lipinski definition) is 2. The van der Waals surface area contributed by atoms with E-state index in [1.807, 2.05) is 24.3 Å². The number of carbonyl (C=O) groups excluding carboxylic acids is 1. The molecule has 3 aromatic carbocycles. The highest BCUT2D eigenvalue weighted by Gasteiger charge is 2.16. The van der Waals surface area contributed by atoms with Crippen molar-refractivity contribution in [1.29, 1.82) is 0 Å². The van der Waals surface area contributed by atoms with E-state index in [-0.39, 0.29) is 32.3 Å². The SMILES string of the molecule is COc1ccccc1CCn1cnc2cccc(NC(=O)c3cc(Cl)c(O)c(Cl)c3)c2c1=O. The summed E-state index contributed by atoms with van der Waals surface area (Å²) >= 11 is 11.9.